The van der Waals surface area contributed by atoms with E-state index in [1.807, 2.05) is 0 Å². The highest BCUT2D eigenvalue weighted by atomic mass is 32.7. The van der Waals surface area contributed by atoms with Crippen molar-refractivity contribution in [2.75, 3.05) is 30.8 Å². The first kappa shape index (κ1) is 44.5. The van der Waals surface area contributed by atoms with Crippen molar-refractivity contribution in [1.29, 1.82) is 0 Å². The van der Waals surface area contributed by atoms with Gasteiger partial charge in [0.2, 0.25) is 0 Å². The van der Waals surface area contributed by atoms with E-state index < -0.39 is 116 Å². The van der Waals surface area contributed by atoms with Gasteiger partial charge in [0.25, 0.3) is 5.56 Å². The Morgan fingerprint density at radius 1 is 0.800 bits per heavy atom. The highest BCUT2D eigenvalue weighted by Gasteiger charge is 2.55. The van der Waals surface area contributed by atoms with Gasteiger partial charge in [-0.25, -0.2) is 42.8 Å². The van der Waals surface area contributed by atoms with Gasteiger partial charge in [-0.05, 0) is 41.5 Å². The van der Waals surface area contributed by atoms with E-state index in [4.69, 9.17) is 42.8 Å². The number of carbonyl (C=O) groups excluding carboxylic acids is 2. The number of aromatic amines is 1. The Balaban J connectivity index is 1.27. The second-order valence-corrected chi connectivity index (χ2v) is 23.6. The number of aromatic nitrogens is 8. The molecule has 4 aromatic rings. The van der Waals surface area contributed by atoms with E-state index in [9.17, 15) is 23.5 Å². The zero-order chi connectivity index (χ0) is 43.4. The van der Waals surface area contributed by atoms with Crippen molar-refractivity contribution in [1.82, 2.24) is 39.0 Å². The van der Waals surface area contributed by atoms with Crippen LogP contribution in [0.4, 0.5) is 14.6 Å². The van der Waals surface area contributed by atoms with Gasteiger partial charge < -0.3 is 29.7 Å². The van der Waals surface area contributed by atoms with Crippen molar-refractivity contribution in [3.63, 3.8) is 0 Å². The van der Waals surface area contributed by atoms with Gasteiger partial charge in [0.15, 0.2) is 47.4 Å². The van der Waals surface area contributed by atoms with Gasteiger partial charge in [-0.15, -0.1) is 0 Å². The topological polar surface area (TPSA) is 275 Å². The Morgan fingerprint density at radius 3 is 1.95 bits per heavy atom. The molecule has 2 bridgehead atoms. The number of halogens is 2. The Bertz CT molecular complexity index is 2410. The number of fused-ring (bicyclic) bond motifs is 5. The summed E-state index contributed by atoms with van der Waals surface area (Å²) in [6.45, 7) is -1.56. The second-order valence-electron chi connectivity index (χ2n) is 15.6. The fourth-order valence-corrected chi connectivity index (χ4v) is 11.6. The maximum Gasteiger partial charge on any atom is 0.393 e. The fraction of sp³-hybridized carbons (Fsp3) is 0.625. The molecule has 10 atom stereocenters. The summed E-state index contributed by atoms with van der Waals surface area (Å²) in [5.41, 5.74) is 3.41. The number of H-pyrrole nitrogens is 1. The van der Waals surface area contributed by atoms with Gasteiger partial charge in [-0.2, -0.15) is 0 Å². The molecular weight excluding hydrogens is 882 g/mol. The average molecular weight is 924 g/mol. The van der Waals surface area contributed by atoms with Crippen molar-refractivity contribution in [3.05, 3.63) is 35.7 Å². The van der Waals surface area contributed by atoms with Crippen LogP contribution in [0.15, 0.2) is 30.1 Å². The number of anilines is 1. The molecule has 7 rings (SSSR count). The number of hydrogen-bond acceptors (Lipinski definition) is 21. The molecule has 0 radical (unpaired) electrons. The van der Waals surface area contributed by atoms with Crippen molar-refractivity contribution < 1.29 is 64.5 Å². The Hall–Kier alpha value is -3.58. The number of nitrogens with one attached hydrogen (secondary N) is 1. The Labute approximate surface area is 347 Å². The number of imidazole rings is 2. The predicted molar refractivity (Wildman–Crippen MR) is 208 cm³/mol. The van der Waals surface area contributed by atoms with E-state index in [1.165, 1.54) is 10.9 Å². The monoisotopic (exact) mass is 923 g/mol. The van der Waals surface area contributed by atoms with E-state index in [1.54, 1.807) is 41.5 Å². The average Bonchev–Trinajstić information content (AvgIpc) is 3.94. The molecule has 22 nitrogen and oxygen atoms in total. The van der Waals surface area contributed by atoms with Crippen LogP contribution in [0.5, 0.6) is 0 Å². The Kier molecular flexibility index (Phi) is 12.6. The lowest BCUT2D eigenvalue weighted by Crippen LogP contribution is -2.34. The smallest absolute Gasteiger partial charge is 0.393 e. The molecular formula is C32H41F2N9O13P2S2. The summed E-state index contributed by atoms with van der Waals surface area (Å²) in [7, 11) is 0. The minimum Gasteiger partial charge on any atom is -0.454 e. The minimum atomic E-state index is -4.73. The summed E-state index contributed by atoms with van der Waals surface area (Å²) in [6.07, 6.45) is -10.00. The molecule has 4 aromatic heterocycles. The molecule has 0 aromatic carbocycles. The number of ether oxygens (including phenoxy) is 4. The van der Waals surface area contributed by atoms with E-state index in [0.29, 0.717) is 22.8 Å². The number of hydrogen-bond donors (Lipinski definition) is 2. The zero-order valence-corrected chi connectivity index (χ0v) is 36.2. The zero-order valence-electron chi connectivity index (χ0n) is 32.7. The lowest BCUT2D eigenvalue weighted by Gasteiger charge is -2.28. The maximum absolute atomic E-state index is 16.8. The summed E-state index contributed by atoms with van der Waals surface area (Å²) in [5, 5.41) is 0. The van der Waals surface area contributed by atoms with Gasteiger partial charge in [-0.3, -0.25) is 41.6 Å². The van der Waals surface area contributed by atoms with Crippen LogP contribution in [-0.2, 0) is 55.8 Å². The third-order valence-electron chi connectivity index (χ3n) is 9.15. The van der Waals surface area contributed by atoms with Crippen molar-refractivity contribution in [3.8, 4) is 0 Å². The van der Waals surface area contributed by atoms with Crippen molar-refractivity contribution in [2.24, 2.45) is 10.8 Å². The van der Waals surface area contributed by atoms with Crippen LogP contribution in [0.1, 0.15) is 54.0 Å². The first-order valence-corrected chi connectivity index (χ1v) is 24.4. The number of nitrogens with zero attached hydrogens (tertiary/aromatic N) is 7. The standard InChI is InChI=1S/C32H41F2N9O13P2S2/c1-31(2,3)29(45)49-13-59-57(47)51-7-15-17(33)22(28(53-15)43-11-40-19-23(35)36-9-37-24(19)43)56-58(48,60-14-50-30(46)32(4,5)6)52-8-16-21(55-57)18(34)27(54-16)42-12-41-20-25(42)38-10-39-26(20)44/h9-12,15-18,21-22,27-28H,7-8,13-14H2,1-6H3,(H2,35,36,37)(H,38,39,44)/t15-,16-,17+,18-,21-,22-,27-,28-,57?,58?/m1/s1. The number of esters is 2. The highest BCUT2D eigenvalue weighted by Crippen LogP contribution is 2.66. The first-order valence-electron chi connectivity index (χ1n) is 18.1. The first-order chi connectivity index (χ1) is 28.2. The van der Waals surface area contributed by atoms with Gasteiger partial charge in [0, 0.05) is 22.8 Å². The normalized spacial score (nSPS) is 31.6. The summed E-state index contributed by atoms with van der Waals surface area (Å²) < 4.78 is 112. The summed E-state index contributed by atoms with van der Waals surface area (Å²) >= 11 is 0.745. The molecule has 2 unspecified atom stereocenters. The molecule has 60 heavy (non-hydrogen) atoms. The molecule has 0 spiro atoms. The van der Waals surface area contributed by atoms with Gasteiger partial charge in [-0.1, -0.05) is 0 Å². The molecule has 0 aliphatic carbocycles. The van der Waals surface area contributed by atoms with Crippen LogP contribution in [0.2, 0.25) is 0 Å². The molecule has 3 aliphatic heterocycles. The van der Waals surface area contributed by atoms with Gasteiger partial charge in [0.1, 0.15) is 48.1 Å². The predicted octanol–water partition coefficient (Wildman–Crippen LogP) is 4.61. The van der Waals surface area contributed by atoms with Crippen LogP contribution < -0.4 is 11.3 Å². The highest BCUT2D eigenvalue weighted by molar-refractivity contribution is 8.55. The van der Waals surface area contributed by atoms with Gasteiger partial charge >= 0.3 is 25.5 Å². The van der Waals surface area contributed by atoms with E-state index >= 15 is 8.78 Å². The van der Waals surface area contributed by atoms with Crippen LogP contribution >= 0.6 is 36.4 Å². The van der Waals surface area contributed by atoms with E-state index in [0.717, 1.165) is 23.5 Å². The Morgan fingerprint density at radius 2 is 1.33 bits per heavy atom. The molecule has 3 N–H and O–H groups in total. The van der Waals surface area contributed by atoms with E-state index in [-0.39, 0.29) is 28.1 Å². The fourth-order valence-electron chi connectivity index (χ4n) is 5.99. The summed E-state index contributed by atoms with van der Waals surface area (Å²) in [6, 6.07) is 0. The third-order valence-corrected chi connectivity index (χ3v) is 15.8. The molecule has 3 saturated heterocycles. The van der Waals surface area contributed by atoms with Crippen molar-refractivity contribution >= 4 is 76.4 Å². The number of carbonyl (C=O) groups is 2. The molecule has 3 aliphatic rings. The van der Waals surface area contributed by atoms with Gasteiger partial charge in [0.05, 0.1) is 43.0 Å². The number of nitrogen functional groups attached to an aromatic ring is 1. The van der Waals surface area contributed by atoms with Crippen LogP contribution in [0.25, 0.3) is 22.3 Å². The lowest BCUT2D eigenvalue weighted by molar-refractivity contribution is -0.151. The van der Waals surface area contributed by atoms with E-state index in [2.05, 4.69) is 29.9 Å². The summed E-state index contributed by atoms with van der Waals surface area (Å²) in [4.78, 5) is 60.5. The number of alkyl halides is 2. The molecule has 3 fully saturated rings. The second kappa shape index (κ2) is 16.9. The molecule has 7 heterocycles. The SMILES string of the molecule is CC(C)(C)C(=O)OCSP1(=O)OC[C@H]2O[C@@H](n3cnc4c(=O)[nH]cnc43)[C@H](F)[C@@H]2OP(=O)(SCOC(=O)C(C)(C)C)OC[C@H]2O[C@@H](n3cnc4c(N)ncnc43)[C@H](O1)[C@H]2F. The largest absolute Gasteiger partial charge is 0.454 e. The molecule has 0 amide bonds. The maximum atomic E-state index is 16.8. The van der Waals surface area contributed by atoms with Crippen LogP contribution in [0, 0.1) is 10.8 Å². The number of rotatable bonds is 8. The minimum absolute atomic E-state index is 0.0117. The van der Waals surface area contributed by atoms with Crippen LogP contribution in [0.3, 0.4) is 0 Å². The van der Waals surface area contributed by atoms with Crippen molar-refractivity contribution in [2.45, 2.75) is 90.8 Å². The molecule has 328 valence electrons. The van der Waals surface area contributed by atoms with Crippen LogP contribution in [-0.4, -0.2) is 113 Å². The summed E-state index contributed by atoms with van der Waals surface area (Å²) in [5.74, 6) is -2.57. The molecule has 0 saturated carbocycles. The quantitative estimate of drug-likeness (QED) is 0.139. The number of nitrogens with two attached hydrogens (primary N) is 1. The molecule has 28 heteroatoms. The third kappa shape index (κ3) is 9.13. The lowest BCUT2D eigenvalue weighted by atomic mass is 9.98.